The third-order valence-corrected chi connectivity index (χ3v) is 4.06. The van der Waals surface area contributed by atoms with Crippen molar-refractivity contribution >= 4 is 52.6 Å². The van der Waals surface area contributed by atoms with E-state index in [1.165, 1.54) is 13.8 Å². The Morgan fingerprint density at radius 3 is 2.18 bits per heavy atom. The Morgan fingerprint density at radius 1 is 1.18 bits per heavy atom. The van der Waals surface area contributed by atoms with Crippen LogP contribution in [0.4, 0.5) is 0 Å². The fourth-order valence-corrected chi connectivity index (χ4v) is 2.72. The number of halogens is 3. The summed E-state index contributed by atoms with van der Waals surface area (Å²) in [6.07, 6.45) is -0.151. The zero-order valence-corrected chi connectivity index (χ0v) is 14.7. The highest BCUT2D eigenvalue weighted by atomic mass is 35.6. The molecular weight excluding hydrogens is 357 g/mol. The molecule has 0 radical (unpaired) electrons. The van der Waals surface area contributed by atoms with Gasteiger partial charge in [0, 0.05) is 25.8 Å². The molecule has 1 fully saturated rings. The molecule has 0 spiro atoms. The number of carbonyl (C=O) groups is 3. The van der Waals surface area contributed by atoms with Gasteiger partial charge in [-0.3, -0.25) is 14.4 Å². The lowest BCUT2D eigenvalue weighted by atomic mass is 9.86. The summed E-state index contributed by atoms with van der Waals surface area (Å²) in [7, 11) is 0. The van der Waals surface area contributed by atoms with Gasteiger partial charge in [-0.25, -0.2) is 0 Å². The van der Waals surface area contributed by atoms with Gasteiger partial charge < -0.3 is 14.8 Å². The van der Waals surface area contributed by atoms with Crippen LogP contribution in [0.5, 0.6) is 0 Å². The average molecular weight is 375 g/mol. The number of rotatable bonds is 4. The molecular formula is C13H18Cl3NO5. The van der Waals surface area contributed by atoms with Gasteiger partial charge in [0.1, 0.15) is 12.2 Å². The van der Waals surface area contributed by atoms with Crippen molar-refractivity contribution in [1.82, 2.24) is 5.32 Å². The molecule has 1 aliphatic rings. The lowest BCUT2D eigenvalue weighted by Crippen LogP contribution is -2.48. The number of alkyl halides is 3. The van der Waals surface area contributed by atoms with Gasteiger partial charge in [0.2, 0.25) is 0 Å². The third-order valence-electron chi connectivity index (χ3n) is 3.55. The molecule has 3 atom stereocenters. The Labute approximate surface area is 143 Å². The van der Waals surface area contributed by atoms with Crippen molar-refractivity contribution in [2.75, 3.05) is 6.54 Å². The van der Waals surface area contributed by atoms with Gasteiger partial charge in [0.15, 0.2) is 0 Å². The molecule has 0 aromatic heterocycles. The van der Waals surface area contributed by atoms with Crippen molar-refractivity contribution in [3.8, 4) is 0 Å². The van der Waals surface area contributed by atoms with E-state index in [4.69, 9.17) is 44.3 Å². The highest BCUT2D eigenvalue weighted by Gasteiger charge is 2.50. The van der Waals surface area contributed by atoms with E-state index in [1.54, 1.807) is 0 Å². The molecule has 6 nitrogen and oxygen atoms in total. The molecule has 9 heteroatoms. The van der Waals surface area contributed by atoms with Gasteiger partial charge in [-0.2, -0.15) is 0 Å². The predicted octanol–water partition coefficient (Wildman–Crippen LogP) is 2.14. The molecule has 0 bridgehead atoms. The van der Waals surface area contributed by atoms with E-state index in [9.17, 15) is 14.4 Å². The van der Waals surface area contributed by atoms with Crippen molar-refractivity contribution < 1.29 is 23.9 Å². The van der Waals surface area contributed by atoms with E-state index >= 15 is 0 Å². The van der Waals surface area contributed by atoms with Gasteiger partial charge in [-0.05, 0) is 12.8 Å². The SMILES string of the molecule is CC(=O)O[C@@H]1[C@H](OC(C)=O)CC[C@]1(C)CNC(=O)C(Cl)(Cl)Cl. The fraction of sp³-hybridized carbons (Fsp3) is 0.769. The number of carbonyl (C=O) groups excluding carboxylic acids is 3. The smallest absolute Gasteiger partial charge is 0.303 e. The normalized spacial score (nSPS) is 28.1. The lowest BCUT2D eigenvalue weighted by molar-refractivity contribution is -0.168. The van der Waals surface area contributed by atoms with Crippen molar-refractivity contribution in [1.29, 1.82) is 0 Å². The monoisotopic (exact) mass is 373 g/mol. The van der Waals surface area contributed by atoms with Gasteiger partial charge in [-0.1, -0.05) is 41.7 Å². The van der Waals surface area contributed by atoms with E-state index in [2.05, 4.69) is 5.32 Å². The van der Waals surface area contributed by atoms with Crippen LogP contribution in [0.1, 0.15) is 33.6 Å². The minimum absolute atomic E-state index is 0.120. The van der Waals surface area contributed by atoms with Gasteiger partial charge in [-0.15, -0.1) is 0 Å². The molecule has 0 heterocycles. The second-order valence-electron chi connectivity index (χ2n) is 5.55. The second-order valence-corrected chi connectivity index (χ2v) is 7.83. The highest BCUT2D eigenvalue weighted by Crippen LogP contribution is 2.41. The van der Waals surface area contributed by atoms with Crippen LogP contribution in [0.2, 0.25) is 0 Å². The standard InChI is InChI=1S/C13H18Cl3NO5/c1-7(18)21-9-4-5-12(3,10(9)22-8(2)19)6-17-11(20)13(14,15)16/h9-10H,4-6H2,1-3H3,(H,17,20)/t9-,10-,12-/m1/s1. The largest absolute Gasteiger partial charge is 0.459 e. The molecule has 0 aromatic carbocycles. The number of ether oxygens (including phenoxy) is 2. The van der Waals surface area contributed by atoms with Crippen molar-refractivity contribution in [3.63, 3.8) is 0 Å². The Bertz CT molecular complexity index is 465. The molecule has 22 heavy (non-hydrogen) atoms. The van der Waals surface area contributed by atoms with Crippen molar-refractivity contribution in [3.05, 3.63) is 0 Å². The summed E-state index contributed by atoms with van der Waals surface area (Å²) in [5, 5.41) is 2.52. The summed E-state index contributed by atoms with van der Waals surface area (Å²) in [5.74, 6) is -1.73. The second kappa shape index (κ2) is 7.23. The number of nitrogens with one attached hydrogen (secondary N) is 1. The van der Waals surface area contributed by atoms with Crippen LogP contribution in [-0.4, -0.2) is 40.4 Å². The quantitative estimate of drug-likeness (QED) is 0.602. The number of amides is 1. The molecule has 126 valence electrons. The first-order valence-electron chi connectivity index (χ1n) is 6.65. The fourth-order valence-electron chi connectivity index (χ4n) is 2.52. The molecule has 1 amide bonds. The van der Waals surface area contributed by atoms with E-state index < -0.39 is 39.3 Å². The molecule has 0 saturated heterocycles. The van der Waals surface area contributed by atoms with Crippen LogP contribution in [0.15, 0.2) is 0 Å². The molecule has 0 aromatic rings. The molecule has 1 aliphatic carbocycles. The van der Waals surface area contributed by atoms with Crippen LogP contribution in [0, 0.1) is 5.41 Å². The summed E-state index contributed by atoms with van der Waals surface area (Å²) < 4.78 is 8.41. The summed E-state index contributed by atoms with van der Waals surface area (Å²) >= 11 is 16.5. The van der Waals surface area contributed by atoms with Crippen LogP contribution in [0.3, 0.4) is 0 Å². The van der Waals surface area contributed by atoms with E-state index in [-0.39, 0.29) is 6.54 Å². The zero-order chi connectivity index (χ0) is 17.1. The highest BCUT2D eigenvalue weighted by molar-refractivity contribution is 6.76. The summed E-state index contributed by atoms with van der Waals surface area (Å²) in [6, 6.07) is 0. The van der Waals surface area contributed by atoms with E-state index in [0.29, 0.717) is 12.8 Å². The zero-order valence-electron chi connectivity index (χ0n) is 12.5. The van der Waals surface area contributed by atoms with Crippen LogP contribution < -0.4 is 5.32 Å². The van der Waals surface area contributed by atoms with E-state index in [1.807, 2.05) is 6.92 Å². The maximum absolute atomic E-state index is 11.7. The first kappa shape index (κ1) is 19.3. The summed E-state index contributed by atoms with van der Waals surface area (Å²) in [5.41, 5.74) is -0.628. The lowest BCUT2D eigenvalue weighted by Gasteiger charge is -2.33. The molecule has 1 rings (SSSR count). The Kier molecular flexibility index (Phi) is 6.36. The molecule has 0 aliphatic heterocycles. The maximum atomic E-state index is 11.7. The first-order valence-corrected chi connectivity index (χ1v) is 7.78. The van der Waals surface area contributed by atoms with Crippen molar-refractivity contribution in [2.24, 2.45) is 5.41 Å². The van der Waals surface area contributed by atoms with E-state index in [0.717, 1.165) is 0 Å². The van der Waals surface area contributed by atoms with Gasteiger partial charge >= 0.3 is 11.9 Å². The maximum Gasteiger partial charge on any atom is 0.303 e. The van der Waals surface area contributed by atoms with Gasteiger partial charge in [0.05, 0.1) is 0 Å². The van der Waals surface area contributed by atoms with Gasteiger partial charge in [0.25, 0.3) is 9.70 Å². The Hall–Kier alpha value is -0.720. The molecule has 1 N–H and O–H groups in total. The average Bonchev–Trinajstić information content (AvgIpc) is 2.63. The summed E-state index contributed by atoms with van der Waals surface area (Å²) in [6.45, 7) is 4.48. The minimum Gasteiger partial charge on any atom is -0.459 e. The number of hydrogen-bond acceptors (Lipinski definition) is 5. The predicted molar refractivity (Wildman–Crippen MR) is 81.7 cm³/mol. The molecule has 0 unspecified atom stereocenters. The Balaban J connectivity index is 2.82. The number of esters is 2. The van der Waals surface area contributed by atoms with Crippen LogP contribution >= 0.6 is 34.8 Å². The Morgan fingerprint density at radius 2 is 1.73 bits per heavy atom. The van der Waals surface area contributed by atoms with Crippen molar-refractivity contribution in [2.45, 2.75) is 49.6 Å². The third kappa shape index (κ3) is 5.18. The summed E-state index contributed by atoms with van der Waals surface area (Å²) in [4.78, 5) is 34.1. The first-order chi connectivity index (χ1) is 9.95. The topological polar surface area (TPSA) is 81.7 Å². The number of hydrogen-bond donors (Lipinski definition) is 1. The molecule has 1 saturated carbocycles. The van der Waals surface area contributed by atoms with Crippen LogP contribution in [-0.2, 0) is 23.9 Å². The van der Waals surface area contributed by atoms with Crippen LogP contribution in [0.25, 0.3) is 0 Å². The minimum atomic E-state index is -2.07.